The van der Waals surface area contributed by atoms with Crippen LogP contribution < -0.4 is 0 Å². The minimum atomic E-state index is -0.363. The van der Waals surface area contributed by atoms with Gasteiger partial charge in [0.2, 0.25) is 0 Å². The number of carbonyl (C=O) groups is 1. The molecule has 0 aliphatic heterocycles. The zero-order chi connectivity index (χ0) is 14.9. The highest BCUT2D eigenvalue weighted by Crippen LogP contribution is 2.27. The SMILES string of the molecule is Cc1c(C)c(C)c(C(=O)OOC2CCCC2)c(C)c1C. The molecule has 1 fully saturated rings. The Balaban J connectivity index is 2.21. The smallest absolute Gasteiger partial charge is 0.293 e. The summed E-state index contributed by atoms with van der Waals surface area (Å²) in [5.41, 5.74) is 6.19. The fourth-order valence-corrected chi connectivity index (χ4v) is 2.94. The second-order valence-electron chi connectivity index (χ2n) is 5.87. The topological polar surface area (TPSA) is 35.5 Å². The molecule has 1 aliphatic carbocycles. The van der Waals surface area contributed by atoms with Gasteiger partial charge in [0.1, 0.15) is 6.10 Å². The van der Waals surface area contributed by atoms with Crippen LogP contribution in [0.4, 0.5) is 0 Å². The molecule has 0 amide bonds. The van der Waals surface area contributed by atoms with Gasteiger partial charge in [0.25, 0.3) is 0 Å². The van der Waals surface area contributed by atoms with E-state index in [1.807, 2.05) is 27.7 Å². The minimum Gasteiger partial charge on any atom is -0.293 e. The molecule has 0 atom stereocenters. The van der Waals surface area contributed by atoms with Crippen molar-refractivity contribution in [2.45, 2.75) is 66.4 Å². The third-order valence-corrected chi connectivity index (χ3v) is 4.77. The lowest BCUT2D eigenvalue weighted by molar-refractivity contribution is -0.272. The first kappa shape index (κ1) is 15.0. The molecular weight excluding hydrogens is 252 g/mol. The molecule has 20 heavy (non-hydrogen) atoms. The predicted molar refractivity (Wildman–Crippen MR) is 78.9 cm³/mol. The zero-order valence-electron chi connectivity index (χ0n) is 13.1. The normalized spacial score (nSPS) is 15.7. The third-order valence-electron chi connectivity index (χ3n) is 4.77. The van der Waals surface area contributed by atoms with Crippen LogP contribution in [0.25, 0.3) is 0 Å². The van der Waals surface area contributed by atoms with Crippen LogP contribution in [0.5, 0.6) is 0 Å². The molecular formula is C17H24O3. The van der Waals surface area contributed by atoms with E-state index in [9.17, 15) is 4.79 Å². The average molecular weight is 276 g/mol. The molecule has 1 aromatic carbocycles. The lowest BCUT2D eigenvalue weighted by atomic mass is 9.90. The van der Waals surface area contributed by atoms with Crippen LogP contribution in [0.3, 0.4) is 0 Å². The molecule has 3 nitrogen and oxygen atoms in total. The summed E-state index contributed by atoms with van der Waals surface area (Å²) in [7, 11) is 0. The van der Waals surface area contributed by atoms with E-state index in [0.29, 0.717) is 5.56 Å². The van der Waals surface area contributed by atoms with Crippen LogP contribution in [0.1, 0.15) is 63.9 Å². The molecule has 0 spiro atoms. The summed E-state index contributed by atoms with van der Waals surface area (Å²) in [6.07, 6.45) is 4.35. The van der Waals surface area contributed by atoms with E-state index in [0.717, 1.165) is 47.9 Å². The summed E-state index contributed by atoms with van der Waals surface area (Å²) in [4.78, 5) is 22.7. The van der Waals surface area contributed by atoms with Crippen LogP contribution in [0.2, 0.25) is 0 Å². The summed E-state index contributed by atoms with van der Waals surface area (Å²) >= 11 is 0. The summed E-state index contributed by atoms with van der Waals surface area (Å²) in [6.45, 7) is 10.1. The van der Waals surface area contributed by atoms with Crippen LogP contribution in [0, 0.1) is 34.6 Å². The molecule has 0 N–H and O–H groups in total. The second-order valence-corrected chi connectivity index (χ2v) is 5.87. The van der Waals surface area contributed by atoms with Gasteiger partial charge in [-0.3, -0.25) is 4.89 Å². The molecule has 1 saturated carbocycles. The van der Waals surface area contributed by atoms with Gasteiger partial charge < -0.3 is 0 Å². The van der Waals surface area contributed by atoms with Crippen molar-refractivity contribution in [2.24, 2.45) is 0 Å². The maximum Gasteiger partial charge on any atom is 0.373 e. The second kappa shape index (κ2) is 5.96. The summed E-state index contributed by atoms with van der Waals surface area (Å²) < 4.78 is 0. The molecule has 0 radical (unpaired) electrons. The number of rotatable bonds is 3. The van der Waals surface area contributed by atoms with Crippen molar-refractivity contribution < 1.29 is 14.6 Å². The monoisotopic (exact) mass is 276 g/mol. The van der Waals surface area contributed by atoms with Crippen LogP contribution in [-0.4, -0.2) is 12.1 Å². The number of hydrogen-bond acceptors (Lipinski definition) is 3. The van der Waals surface area contributed by atoms with Crippen LogP contribution in [-0.2, 0) is 9.78 Å². The largest absolute Gasteiger partial charge is 0.373 e. The lowest BCUT2D eigenvalue weighted by Gasteiger charge is -2.17. The third kappa shape index (κ3) is 2.73. The summed E-state index contributed by atoms with van der Waals surface area (Å²) in [5.74, 6) is -0.363. The molecule has 1 aromatic rings. The first-order chi connectivity index (χ1) is 9.43. The van der Waals surface area contributed by atoms with E-state index >= 15 is 0 Å². The van der Waals surface area contributed by atoms with E-state index in [-0.39, 0.29) is 12.1 Å². The van der Waals surface area contributed by atoms with Gasteiger partial charge in [0, 0.05) is 0 Å². The van der Waals surface area contributed by atoms with Crippen molar-refractivity contribution in [2.75, 3.05) is 0 Å². The number of benzene rings is 1. The molecule has 2 rings (SSSR count). The molecule has 0 aromatic heterocycles. The number of carbonyl (C=O) groups excluding carboxylic acids is 1. The van der Waals surface area contributed by atoms with Gasteiger partial charge in [0.05, 0.1) is 5.56 Å². The molecule has 110 valence electrons. The Bertz CT molecular complexity index is 497. The van der Waals surface area contributed by atoms with E-state index in [1.54, 1.807) is 0 Å². The molecule has 0 heterocycles. The van der Waals surface area contributed by atoms with Crippen LogP contribution >= 0.6 is 0 Å². The van der Waals surface area contributed by atoms with Crippen molar-refractivity contribution in [3.8, 4) is 0 Å². The summed E-state index contributed by atoms with van der Waals surface area (Å²) in [6, 6.07) is 0. The summed E-state index contributed by atoms with van der Waals surface area (Å²) in [5, 5.41) is 0. The molecule has 0 bridgehead atoms. The van der Waals surface area contributed by atoms with E-state index in [4.69, 9.17) is 9.78 Å². The van der Waals surface area contributed by atoms with Crippen molar-refractivity contribution in [3.05, 3.63) is 33.4 Å². The Morgan fingerprint density at radius 3 is 1.80 bits per heavy atom. The Kier molecular flexibility index (Phi) is 4.48. The standard InChI is InChI=1S/C17H24O3/c1-10-11(2)13(4)16(14(5)12(10)3)17(18)20-19-15-8-6-7-9-15/h15H,6-9H2,1-5H3. The highest BCUT2D eigenvalue weighted by atomic mass is 17.2. The fourth-order valence-electron chi connectivity index (χ4n) is 2.94. The van der Waals surface area contributed by atoms with E-state index < -0.39 is 0 Å². The molecule has 0 unspecified atom stereocenters. The predicted octanol–water partition coefficient (Wildman–Crippen LogP) is 4.26. The van der Waals surface area contributed by atoms with Gasteiger partial charge in [0.15, 0.2) is 0 Å². The maximum absolute atomic E-state index is 12.3. The fraction of sp³-hybridized carbons (Fsp3) is 0.588. The van der Waals surface area contributed by atoms with Crippen LogP contribution in [0.15, 0.2) is 0 Å². The van der Waals surface area contributed by atoms with Gasteiger partial charge >= 0.3 is 5.97 Å². The lowest BCUT2D eigenvalue weighted by Crippen LogP contribution is -2.16. The van der Waals surface area contributed by atoms with E-state index in [1.165, 1.54) is 5.56 Å². The van der Waals surface area contributed by atoms with Crippen molar-refractivity contribution in [1.29, 1.82) is 0 Å². The van der Waals surface area contributed by atoms with Gasteiger partial charge in [-0.25, -0.2) is 4.79 Å². The number of hydrogen-bond donors (Lipinski definition) is 0. The van der Waals surface area contributed by atoms with Gasteiger partial charge in [-0.15, -0.1) is 0 Å². The zero-order valence-corrected chi connectivity index (χ0v) is 13.1. The van der Waals surface area contributed by atoms with E-state index in [2.05, 4.69) is 6.92 Å². The Morgan fingerprint density at radius 1 is 0.850 bits per heavy atom. The molecule has 1 aliphatic rings. The highest BCUT2D eigenvalue weighted by Gasteiger charge is 2.23. The van der Waals surface area contributed by atoms with Crippen molar-refractivity contribution in [3.63, 3.8) is 0 Å². The Morgan fingerprint density at radius 2 is 1.30 bits per heavy atom. The molecule has 3 heteroatoms. The van der Waals surface area contributed by atoms with Crippen molar-refractivity contribution in [1.82, 2.24) is 0 Å². The average Bonchev–Trinajstić information content (AvgIpc) is 2.94. The van der Waals surface area contributed by atoms with Gasteiger partial charge in [-0.1, -0.05) is 12.8 Å². The maximum atomic E-state index is 12.3. The Labute approximate surface area is 121 Å². The first-order valence-corrected chi connectivity index (χ1v) is 7.38. The van der Waals surface area contributed by atoms with Gasteiger partial charge in [-0.05, 0) is 75.3 Å². The van der Waals surface area contributed by atoms with Gasteiger partial charge in [-0.2, -0.15) is 4.89 Å². The quantitative estimate of drug-likeness (QED) is 0.611. The first-order valence-electron chi connectivity index (χ1n) is 7.38. The van der Waals surface area contributed by atoms with Crippen molar-refractivity contribution >= 4 is 5.97 Å². The highest BCUT2D eigenvalue weighted by molar-refractivity contribution is 5.93. The Hall–Kier alpha value is -1.35. The molecule has 0 saturated heterocycles. The minimum absolute atomic E-state index is 0.0761.